The van der Waals surface area contributed by atoms with Crippen molar-refractivity contribution < 1.29 is 17.6 Å². The minimum absolute atomic E-state index is 0.256. The molecule has 1 aliphatic heterocycles. The van der Waals surface area contributed by atoms with E-state index in [1.165, 1.54) is 4.31 Å². The summed E-state index contributed by atoms with van der Waals surface area (Å²) in [4.78, 5) is 12.9. The van der Waals surface area contributed by atoms with Crippen LogP contribution in [0.5, 0.6) is 0 Å². The normalized spacial score (nSPS) is 13.8. The molecule has 0 atom stereocenters. The first-order valence-electron chi connectivity index (χ1n) is 9.45. The lowest BCUT2D eigenvalue weighted by molar-refractivity contribution is 0.102. The topological polar surface area (TPSA) is 79.6 Å². The number of hydrogen-bond donors (Lipinski definition) is 1. The van der Waals surface area contributed by atoms with Crippen LogP contribution < -0.4 is 9.62 Å². The number of hydrogen-bond acceptors (Lipinski definition) is 4. The highest BCUT2D eigenvalue weighted by molar-refractivity contribution is 7.92. The number of sulfonamides is 1. The van der Waals surface area contributed by atoms with Gasteiger partial charge in [0, 0.05) is 12.2 Å². The zero-order valence-corrected chi connectivity index (χ0v) is 17.1. The molecule has 2 aromatic carbocycles. The largest absolute Gasteiger partial charge is 0.466 e. The Hall–Kier alpha value is -3.06. The second kappa shape index (κ2) is 7.40. The quantitative estimate of drug-likeness (QED) is 0.696. The lowest BCUT2D eigenvalue weighted by Gasteiger charge is -2.31. The van der Waals surface area contributed by atoms with Gasteiger partial charge in [0.05, 0.1) is 16.1 Å². The molecule has 4 rings (SSSR count). The van der Waals surface area contributed by atoms with Gasteiger partial charge in [0.15, 0.2) is 0 Å². The van der Waals surface area contributed by atoms with Crippen molar-refractivity contribution in [3.8, 4) is 0 Å². The SMILES string of the molecule is Cc1cc(C(=O)Nc2ccc3c(c2)N(S(=O)(=O)c2ccccc2)CCC3)c(C)o1. The van der Waals surface area contributed by atoms with E-state index < -0.39 is 10.0 Å². The van der Waals surface area contributed by atoms with Gasteiger partial charge in [-0.3, -0.25) is 9.10 Å². The molecule has 1 amide bonds. The number of rotatable bonds is 4. The van der Waals surface area contributed by atoms with E-state index >= 15 is 0 Å². The number of carbonyl (C=O) groups excluding carboxylic acids is 1. The molecule has 0 bridgehead atoms. The van der Waals surface area contributed by atoms with Gasteiger partial charge in [-0.1, -0.05) is 24.3 Å². The van der Waals surface area contributed by atoms with Gasteiger partial charge < -0.3 is 9.73 Å². The van der Waals surface area contributed by atoms with Crippen LogP contribution in [0.25, 0.3) is 0 Å². The summed E-state index contributed by atoms with van der Waals surface area (Å²) in [5.74, 6) is 0.928. The van der Waals surface area contributed by atoms with Crippen LogP contribution in [0.3, 0.4) is 0 Å². The predicted molar refractivity (Wildman–Crippen MR) is 112 cm³/mol. The van der Waals surface area contributed by atoms with Gasteiger partial charge in [0.1, 0.15) is 11.5 Å². The molecule has 0 saturated carbocycles. The van der Waals surface area contributed by atoms with Crippen LogP contribution in [-0.4, -0.2) is 20.9 Å². The van der Waals surface area contributed by atoms with Crippen molar-refractivity contribution in [3.05, 3.63) is 77.2 Å². The Morgan fingerprint density at radius 3 is 2.52 bits per heavy atom. The van der Waals surface area contributed by atoms with E-state index in [2.05, 4.69) is 5.32 Å². The monoisotopic (exact) mass is 410 g/mol. The molecule has 1 N–H and O–H groups in total. The minimum atomic E-state index is -3.67. The first-order chi connectivity index (χ1) is 13.9. The van der Waals surface area contributed by atoms with E-state index in [0.29, 0.717) is 35.0 Å². The highest BCUT2D eigenvalue weighted by atomic mass is 32.2. The van der Waals surface area contributed by atoms with E-state index in [1.807, 2.05) is 6.07 Å². The third-order valence-electron chi connectivity index (χ3n) is 5.04. The zero-order chi connectivity index (χ0) is 20.6. The van der Waals surface area contributed by atoms with Gasteiger partial charge in [0.2, 0.25) is 0 Å². The van der Waals surface area contributed by atoms with Crippen molar-refractivity contribution in [3.63, 3.8) is 0 Å². The molecule has 1 aliphatic rings. The van der Waals surface area contributed by atoms with Crippen molar-refractivity contribution in [2.75, 3.05) is 16.2 Å². The van der Waals surface area contributed by atoms with E-state index in [9.17, 15) is 13.2 Å². The maximum absolute atomic E-state index is 13.2. The van der Waals surface area contributed by atoms with Crippen LogP contribution in [0.1, 0.15) is 33.9 Å². The maximum atomic E-state index is 13.2. The molecular weight excluding hydrogens is 388 g/mol. The molecule has 6 nitrogen and oxygen atoms in total. The Morgan fingerprint density at radius 2 is 1.83 bits per heavy atom. The molecule has 0 unspecified atom stereocenters. The Bertz CT molecular complexity index is 1170. The van der Waals surface area contributed by atoms with Crippen molar-refractivity contribution >= 4 is 27.3 Å². The smallest absolute Gasteiger partial charge is 0.264 e. The fourth-order valence-corrected chi connectivity index (χ4v) is 5.20. The van der Waals surface area contributed by atoms with Crippen molar-refractivity contribution in [2.45, 2.75) is 31.6 Å². The summed E-state index contributed by atoms with van der Waals surface area (Å²) in [6.45, 7) is 3.93. The zero-order valence-electron chi connectivity index (χ0n) is 16.3. The second-order valence-electron chi connectivity index (χ2n) is 7.12. The molecule has 0 radical (unpaired) electrons. The van der Waals surface area contributed by atoms with Crippen molar-refractivity contribution in [2.24, 2.45) is 0 Å². The van der Waals surface area contributed by atoms with Crippen LogP contribution in [0.4, 0.5) is 11.4 Å². The Morgan fingerprint density at radius 1 is 1.07 bits per heavy atom. The molecule has 0 saturated heterocycles. The average Bonchev–Trinajstić information content (AvgIpc) is 3.06. The molecule has 2 heterocycles. The van der Waals surface area contributed by atoms with E-state index in [1.54, 1.807) is 62.4 Å². The van der Waals surface area contributed by atoms with Crippen LogP contribution >= 0.6 is 0 Å². The highest BCUT2D eigenvalue weighted by Crippen LogP contribution is 2.34. The molecule has 1 aromatic heterocycles. The van der Waals surface area contributed by atoms with Crippen molar-refractivity contribution in [1.82, 2.24) is 0 Å². The minimum Gasteiger partial charge on any atom is -0.466 e. The summed E-state index contributed by atoms with van der Waals surface area (Å²) >= 11 is 0. The number of amides is 1. The predicted octanol–water partition coefficient (Wildman–Crippen LogP) is 4.29. The van der Waals surface area contributed by atoms with Crippen LogP contribution in [0.15, 0.2) is 63.9 Å². The van der Waals surface area contributed by atoms with E-state index in [0.717, 1.165) is 18.4 Å². The molecule has 0 spiro atoms. The number of carbonyl (C=O) groups is 1. The summed E-state index contributed by atoms with van der Waals surface area (Å²) in [5.41, 5.74) is 2.57. The lowest BCUT2D eigenvalue weighted by Crippen LogP contribution is -2.35. The number of aryl methyl sites for hydroxylation is 3. The summed E-state index contributed by atoms with van der Waals surface area (Å²) < 4.78 is 33.2. The van der Waals surface area contributed by atoms with Gasteiger partial charge in [-0.05, 0) is 62.6 Å². The lowest BCUT2D eigenvalue weighted by atomic mass is 10.0. The number of benzene rings is 2. The number of anilines is 2. The Kier molecular flexibility index (Phi) is 4.92. The van der Waals surface area contributed by atoms with E-state index in [-0.39, 0.29) is 10.8 Å². The highest BCUT2D eigenvalue weighted by Gasteiger charge is 2.29. The first kappa shape index (κ1) is 19.3. The molecular formula is C22H22N2O4S. The first-order valence-corrected chi connectivity index (χ1v) is 10.9. The number of nitrogens with zero attached hydrogens (tertiary/aromatic N) is 1. The van der Waals surface area contributed by atoms with Crippen molar-refractivity contribution in [1.29, 1.82) is 0 Å². The summed E-state index contributed by atoms with van der Waals surface area (Å²) in [7, 11) is -3.67. The van der Waals surface area contributed by atoms with Gasteiger partial charge >= 0.3 is 0 Å². The molecule has 0 aliphatic carbocycles. The van der Waals surface area contributed by atoms with E-state index in [4.69, 9.17) is 4.42 Å². The van der Waals surface area contributed by atoms with Crippen LogP contribution in [0, 0.1) is 13.8 Å². The van der Waals surface area contributed by atoms with Gasteiger partial charge in [-0.15, -0.1) is 0 Å². The summed E-state index contributed by atoms with van der Waals surface area (Å²) in [6, 6.07) is 15.5. The Balaban J connectivity index is 1.67. The fourth-order valence-electron chi connectivity index (χ4n) is 3.64. The van der Waals surface area contributed by atoms with Gasteiger partial charge in [-0.2, -0.15) is 0 Å². The molecule has 0 fully saturated rings. The molecule has 150 valence electrons. The van der Waals surface area contributed by atoms with Crippen LogP contribution in [-0.2, 0) is 16.4 Å². The third-order valence-corrected chi connectivity index (χ3v) is 6.86. The molecule has 7 heteroatoms. The number of nitrogens with one attached hydrogen (secondary N) is 1. The standard InChI is InChI=1S/C22H22N2O4S/c1-15-13-20(16(2)28-15)22(25)23-18-11-10-17-7-6-12-24(21(17)14-18)29(26,27)19-8-4-3-5-9-19/h3-5,8-11,13-14H,6-7,12H2,1-2H3,(H,23,25). The summed E-state index contributed by atoms with van der Waals surface area (Å²) in [6.07, 6.45) is 1.54. The number of furan rings is 1. The summed E-state index contributed by atoms with van der Waals surface area (Å²) in [5, 5.41) is 2.85. The average molecular weight is 410 g/mol. The second-order valence-corrected chi connectivity index (χ2v) is 8.98. The number of fused-ring (bicyclic) bond motifs is 1. The maximum Gasteiger partial charge on any atom is 0.264 e. The third kappa shape index (κ3) is 3.65. The Labute approximate surface area is 170 Å². The van der Waals surface area contributed by atoms with Gasteiger partial charge in [-0.25, -0.2) is 8.42 Å². The fraction of sp³-hybridized carbons (Fsp3) is 0.227. The molecule has 3 aromatic rings. The molecule has 29 heavy (non-hydrogen) atoms. The van der Waals surface area contributed by atoms with Gasteiger partial charge in [0.25, 0.3) is 15.9 Å². The van der Waals surface area contributed by atoms with Crippen LogP contribution in [0.2, 0.25) is 0 Å².